The lowest BCUT2D eigenvalue weighted by Gasteiger charge is -2.07. The molecule has 1 aromatic carbocycles. The number of hydrogen-bond acceptors (Lipinski definition) is 5. The number of aromatic carboxylic acids is 1. The van der Waals surface area contributed by atoms with Crippen molar-refractivity contribution in [3.05, 3.63) is 41.0 Å². The van der Waals surface area contributed by atoms with Crippen LogP contribution < -0.4 is 4.74 Å². The minimum absolute atomic E-state index is 0.115. The van der Waals surface area contributed by atoms with Crippen molar-refractivity contribution in [3.63, 3.8) is 0 Å². The smallest absolute Gasteiger partial charge is 0.335 e. The summed E-state index contributed by atoms with van der Waals surface area (Å²) in [5, 5.41) is 12.8. The number of carboxylic acids is 1. The highest BCUT2D eigenvalue weighted by Gasteiger charge is 2.12. The minimum atomic E-state index is -0.991. The van der Waals surface area contributed by atoms with Crippen molar-refractivity contribution in [3.8, 4) is 5.75 Å². The summed E-state index contributed by atoms with van der Waals surface area (Å²) in [6.45, 7) is 5.89. The van der Waals surface area contributed by atoms with Gasteiger partial charge >= 0.3 is 5.97 Å². The zero-order valence-electron chi connectivity index (χ0n) is 11.6. The van der Waals surface area contributed by atoms with Crippen LogP contribution in [0.15, 0.2) is 22.7 Å². The summed E-state index contributed by atoms with van der Waals surface area (Å²) in [6, 6.07) is 4.72. The van der Waals surface area contributed by atoms with E-state index in [2.05, 4.69) is 10.1 Å². The fourth-order valence-electron chi connectivity index (χ4n) is 1.59. The predicted molar refractivity (Wildman–Crippen MR) is 70.9 cm³/mol. The van der Waals surface area contributed by atoms with Gasteiger partial charge in [0, 0.05) is 5.92 Å². The Morgan fingerprint density at radius 2 is 2.20 bits per heavy atom. The second-order valence-electron chi connectivity index (χ2n) is 4.78. The summed E-state index contributed by atoms with van der Waals surface area (Å²) in [7, 11) is 0. The van der Waals surface area contributed by atoms with E-state index in [1.807, 2.05) is 20.8 Å². The molecule has 0 radical (unpaired) electrons. The normalized spacial score (nSPS) is 10.8. The molecule has 6 nitrogen and oxygen atoms in total. The molecule has 0 saturated carbocycles. The van der Waals surface area contributed by atoms with E-state index in [0.29, 0.717) is 17.5 Å². The Hall–Kier alpha value is -2.37. The summed E-state index contributed by atoms with van der Waals surface area (Å²) in [4.78, 5) is 15.1. The first kappa shape index (κ1) is 14.0. The zero-order chi connectivity index (χ0) is 14.7. The maximum atomic E-state index is 10.9. The van der Waals surface area contributed by atoms with Gasteiger partial charge in [-0.25, -0.2) is 4.79 Å². The van der Waals surface area contributed by atoms with Gasteiger partial charge in [0.1, 0.15) is 5.75 Å². The maximum absolute atomic E-state index is 10.9. The molecule has 0 aliphatic rings. The first-order valence-electron chi connectivity index (χ1n) is 6.26. The third-order valence-electron chi connectivity index (χ3n) is 2.79. The van der Waals surface area contributed by atoms with E-state index in [1.54, 1.807) is 6.07 Å². The molecule has 0 bridgehead atoms. The van der Waals surface area contributed by atoms with Crippen LogP contribution in [-0.2, 0) is 6.61 Å². The molecule has 0 unspecified atom stereocenters. The molecule has 6 heteroatoms. The van der Waals surface area contributed by atoms with Gasteiger partial charge in [-0.2, -0.15) is 4.98 Å². The number of aromatic nitrogens is 2. The predicted octanol–water partition coefficient (Wildman–Crippen LogP) is 2.78. The lowest BCUT2D eigenvalue weighted by molar-refractivity contribution is 0.0696. The molecule has 1 aromatic heterocycles. The molecule has 0 aliphatic carbocycles. The number of carboxylic acid groups (broad SMARTS) is 1. The lowest BCUT2D eigenvalue weighted by atomic mass is 10.1. The van der Waals surface area contributed by atoms with Crippen LogP contribution in [0.25, 0.3) is 0 Å². The number of benzene rings is 1. The Morgan fingerprint density at radius 1 is 1.45 bits per heavy atom. The number of carbonyl (C=O) groups is 1. The van der Waals surface area contributed by atoms with Crippen molar-refractivity contribution in [1.82, 2.24) is 10.1 Å². The van der Waals surface area contributed by atoms with Gasteiger partial charge in [-0.3, -0.25) is 0 Å². The van der Waals surface area contributed by atoms with Crippen LogP contribution in [0.3, 0.4) is 0 Å². The second kappa shape index (κ2) is 5.73. The third kappa shape index (κ3) is 3.14. The van der Waals surface area contributed by atoms with Crippen molar-refractivity contribution >= 4 is 5.97 Å². The molecular formula is C14H16N2O4. The van der Waals surface area contributed by atoms with Crippen molar-refractivity contribution < 1.29 is 19.2 Å². The van der Waals surface area contributed by atoms with Gasteiger partial charge in [0.05, 0.1) is 5.56 Å². The average Bonchev–Trinajstić information content (AvgIpc) is 2.86. The summed E-state index contributed by atoms with van der Waals surface area (Å²) in [6.07, 6.45) is 0. The highest BCUT2D eigenvalue weighted by Crippen LogP contribution is 2.21. The van der Waals surface area contributed by atoms with E-state index in [1.165, 1.54) is 12.1 Å². The molecule has 0 fully saturated rings. The summed E-state index contributed by atoms with van der Waals surface area (Å²) in [5.74, 6) is 0.682. The van der Waals surface area contributed by atoms with Gasteiger partial charge < -0.3 is 14.4 Å². The van der Waals surface area contributed by atoms with E-state index in [4.69, 9.17) is 14.4 Å². The quantitative estimate of drug-likeness (QED) is 0.903. The highest BCUT2D eigenvalue weighted by atomic mass is 16.5. The maximum Gasteiger partial charge on any atom is 0.335 e. The van der Waals surface area contributed by atoms with Crippen molar-refractivity contribution in [1.29, 1.82) is 0 Å². The van der Waals surface area contributed by atoms with E-state index in [0.717, 1.165) is 5.56 Å². The Morgan fingerprint density at radius 3 is 2.80 bits per heavy atom. The van der Waals surface area contributed by atoms with E-state index < -0.39 is 5.97 Å². The molecule has 0 spiro atoms. The van der Waals surface area contributed by atoms with E-state index in [-0.39, 0.29) is 18.1 Å². The average molecular weight is 276 g/mol. The van der Waals surface area contributed by atoms with Gasteiger partial charge in [0.25, 0.3) is 5.89 Å². The van der Waals surface area contributed by atoms with Gasteiger partial charge in [0.15, 0.2) is 12.4 Å². The first-order valence-corrected chi connectivity index (χ1v) is 6.26. The molecule has 0 amide bonds. The molecule has 2 rings (SSSR count). The fraction of sp³-hybridized carbons (Fsp3) is 0.357. The summed E-state index contributed by atoms with van der Waals surface area (Å²) in [5.41, 5.74) is 1.03. The van der Waals surface area contributed by atoms with Crippen LogP contribution in [-0.4, -0.2) is 21.2 Å². The standard InChI is InChI=1S/C14H16N2O4/c1-8(2)13-15-12(20-16-13)7-19-11-6-10(14(17)18)5-4-9(11)3/h4-6,8H,7H2,1-3H3,(H,17,18). The van der Waals surface area contributed by atoms with Crippen molar-refractivity contribution in [2.75, 3.05) is 0 Å². The van der Waals surface area contributed by atoms with E-state index in [9.17, 15) is 4.79 Å². The van der Waals surface area contributed by atoms with Gasteiger partial charge in [-0.1, -0.05) is 25.1 Å². The second-order valence-corrected chi connectivity index (χ2v) is 4.78. The Labute approximate surface area is 116 Å². The van der Waals surface area contributed by atoms with E-state index >= 15 is 0 Å². The number of aryl methyl sites for hydroxylation is 1. The minimum Gasteiger partial charge on any atom is -0.483 e. The summed E-state index contributed by atoms with van der Waals surface area (Å²) < 4.78 is 10.6. The molecule has 1 N–H and O–H groups in total. The molecule has 0 atom stereocenters. The largest absolute Gasteiger partial charge is 0.483 e. The SMILES string of the molecule is Cc1ccc(C(=O)O)cc1OCc1nc(C(C)C)no1. The Kier molecular flexibility index (Phi) is 4.02. The van der Waals surface area contributed by atoms with Crippen LogP contribution >= 0.6 is 0 Å². The number of rotatable bonds is 5. The molecule has 106 valence electrons. The van der Waals surface area contributed by atoms with Gasteiger partial charge in [0.2, 0.25) is 0 Å². The summed E-state index contributed by atoms with van der Waals surface area (Å²) >= 11 is 0. The van der Waals surface area contributed by atoms with Crippen molar-refractivity contribution in [2.24, 2.45) is 0 Å². The number of ether oxygens (including phenoxy) is 1. The topological polar surface area (TPSA) is 85.5 Å². The molecular weight excluding hydrogens is 260 g/mol. The Balaban J connectivity index is 2.09. The van der Waals surface area contributed by atoms with Crippen molar-refractivity contribution in [2.45, 2.75) is 33.3 Å². The molecule has 0 aliphatic heterocycles. The molecule has 1 heterocycles. The van der Waals surface area contributed by atoms with Crippen LogP contribution in [0, 0.1) is 6.92 Å². The Bertz CT molecular complexity index is 619. The lowest BCUT2D eigenvalue weighted by Crippen LogP contribution is -2.01. The first-order chi connectivity index (χ1) is 9.47. The fourth-order valence-corrected chi connectivity index (χ4v) is 1.59. The van der Waals surface area contributed by atoms with Crippen LogP contribution in [0.5, 0.6) is 5.75 Å². The monoisotopic (exact) mass is 276 g/mol. The zero-order valence-corrected chi connectivity index (χ0v) is 11.6. The van der Waals surface area contributed by atoms with Crippen LogP contribution in [0.2, 0.25) is 0 Å². The molecule has 2 aromatic rings. The molecule has 20 heavy (non-hydrogen) atoms. The van der Waals surface area contributed by atoms with Crippen LogP contribution in [0.4, 0.5) is 0 Å². The molecule has 0 saturated heterocycles. The number of nitrogens with zero attached hydrogens (tertiary/aromatic N) is 2. The third-order valence-corrected chi connectivity index (χ3v) is 2.79. The van der Waals surface area contributed by atoms with Crippen LogP contribution in [0.1, 0.15) is 47.4 Å². The highest BCUT2D eigenvalue weighted by molar-refractivity contribution is 5.88. The van der Waals surface area contributed by atoms with Gasteiger partial charge in [-0.05, 0) is 24.6 Å². The van der Waals surface area contributed by atoms with Gasteiger partial charge in [-0.15, -0.1) is 0 Å². The number of hydrogen-bond donors (Lipinski definition) is 1.